The van der Waals surface area contributed by atoms with Gasteiger partial charge in [0.1, 0.15) is 0 Å². The Morgan fingerprint density at radius 2 is 1.04 bits per heavy atom. The third kappa shape index (κ3) is 1.42. The molecule has 2 unspecified atom stereocenters. The molecular formula is C20H33NP4. The molecule has 25 heavy (non-hydrogen) atoms. The summed E-state index contributed by atoms with van der Waals surface area (Å²) in [5.74, 6) is 3.38. The molecule has 1 nitrogen and oxygen atoms in total. The maximum Gasteiger partial charge on any atom is 0.0653 e. The van der Waals surface area contributed by atoms with Gasteiger partial charge in [-0.25, -0.2) is 4.44 Å². The zero-order valence-electron chi connectivity index (χ0n) is 16.7. The zero-order chi connectivity index (χ0) is 17.4. The molecule has 6 bridgehead atoms. The summed E-state index contributed by atoms with van der Waals surface area (Å²) in [7, 11) is 1.37. The summed E-state index contributed by atoms with van der Waals surface area (Å²) < 4.78 is 5.32. The van der Waals surface area contributed by atoms with Crippen LogP contribution in [0.5, 0.6) is 0 Å². The molecule has 5 aliphatic heterocycles. The average Bonchev–Trinajstić information content (AvgIpc) is 3.09. The van der Waals surface area contributed by atoms with Crippen LogP contribution in [0.25, 0.3) is 0 Å². The second kappa shape index (κ2) is 4.11. The van der Waals surface area contributed by atoms with E-state index in [1.165, 1.54) is 0 Å². The van der Waals surface area contributed by atoms with Gasteiger partial charge < -0.3 is 0 Å². The highest BCUT2D eigenvalue weighted by atomic mass is 32.3. The lowest BCUT2D eigenvalue weighted by Gasteiger charge is -2.60. The fourth-order valence-electron chi connectivity index (χ4n) is 8.50. The van der Waals surface area contributed by atoms with Crippen molar-refractivity contribution >= 4 is 30.7 Å². The second-order valence-electron chi connectivity index (χ2n) is 12.4. The predicted molar refractivity (Wildman–Crippen MR) is 115 cm³/mol. The second-order valence-corrected chi connectivity index (χ2v) is 26.7. The van der Waals surface area contributed by atoms with Crippen LogP contribution in [0.4, 0.5) is 0 Å². The molecule has 9 fully saturated rings. The van der Waals surface area contributed by atoms with Gasteiger partial charge in [-0.2, -0.15) is 0 Å². The molecule has 5 saturated heterocycles. The van der Waals surface area contributed by atoms with Gasteiger partial charge in [0, 0.05) is 21.1 Å². The molecule has 138 valence electrons. The molecule has 4 aliphatic carbocycles. The molecule has 9 rings (SSSR count). The topological polar surface area (TPSA) is 3.24 Å². The van der Waals surface area contributed by atoms with E-state index in [1.807, 2.05) is 0 Å². The van der Waals surface area contributed by atoms with E-state index in [9.17, 15) is 0 Å². The van der Waals surface area contributed by atoms with Gasteiger partial charge >= 0.3 is 0 Å². The number of hydrogen-bond acceptors (Lipinski definition) is 1. The average molecular weight is 411 g/mol. The summed E-state index contributed by atoms with van der Waals surface area (Å²) in [6.07, 6.45) is 9.72. The Morgan fingerprint density at radius 1 is 0.680 bits per heavy atom. The van der Waals surface area contributed by atoms with Crippen LogP contribution in [0.2, 0.25) is 0 Å². The minimum atomic E-state index is 0.298. The highest BCUT2D eigenvalue weighted by Crippen LogP contribution is 3.52. The molecule has 9 aliphatic rings. The van der Waals surface area contributed by atoms with Crippen molar-refractivity contribution in [2.24, 2.45) is 28.6 Å². The van der Waals surface area contributed by atoms with E-state index in [0.29, 0.717) is 41.6 Å². The third-order valence-corrected chi connectivity index (χ3v) is 38.2. The van der Waals surface area contributed by atoms with Crippen LogP contribution in [-0.2, 0) is 0 Å². The first-order valence-electron chi connectivity index (χ1n) is 10.6. The first-order valence-corrected chi connectivity index (χ1v) is 17.3. The summed E-state index contributed by atoms with van der Waals surface area (Å²) in [5, 5.41) is 0. The Labute approximate surface area is 158 Å². The highest BCUT2D eigenvalue weighted by Gasteiger charge is 3.11. The molecule has 0 amide bonds. The Hall–Kier alpha value is 1.68. The predicted octanol–water partition coefficient (Wildman–Crippen LogP) is 8.30. The van der Waals surface area contributed by atoms with Crippen LogP contribution in [0.15, 0.2) is 0 Å². The molecule has 0 radical (unpaired) electrons. The van der Waals surface area contributed by atoms with Gasteiger partial charge in [-0.1, -0.05) is 41.5 Å². The van der Waals surface area contributed by atoms with Crippen molar-refractivity contribution in [3.63, 3.8) is 0 Å². The fraction of sp³-hybridized carbons (Fsp3) is 1.00. The molecule has 0 spiro atoms. The molecule has 4 saturated carbocycles. The zero-order valence-corrected chi connectivity index (χ0v) is 20.3. The summed E-state index contributed by atoms with van der Waals surface area (Å²) in [6.45, 7) is 15.8. The first-order chi connectivity index (χ1) is 11.6. The van der Waals surface area contributed by atoms with Gasteiger partial charge in [0.05, 0.1) is 9.28 Å². The van der Waals surface area contributed by atoms with Crippen molar-refractivity contribution < 1.29 is 0 Å². The van der Waals surface area contributed by atoms with Crippen molar-refractivity contribution in [1.82, 2.24) is 4.44 Å². The van der Waals surface area contributed by atoms with Gasteiger partial charge in [-0.05, 0) is 82.3 Å². The molecule has 0 aromatic heterocycles. The van der Waals surface area contributed by atoms with E-state index >= 15 is 0 Å². The van der Waals surface area contributed by atoms with Crippen LogP contribution in [0.1, 0.15) is 80.1 Å². The number of rotatable bonds is 1. The van der Waals surface area contributed by atoms with E-state index in [-0.39, 0.29) is 0 Å². The van der Waals surface area contributed by atoms with Gasteiger partial charge in [0.25, 0.3) is 0 Å². The van der Waals surface area contributed by atoms with Crippen LogP contribution >= 0.6 is 30.7 Å². The summed E-state index contributed by atoms with van der Waals surface area (Å²) in [5.41, 5.74) is 1.96. The van der Waals surface area contributed by atoms with Crippen molar-refractivity contribution in [3.05, 3.63) is 0 Å². The molecule has 2 atom stereocenters. The molecular weight excluding hydrogens is 378 g/mol. The SMILES string of the molecule is CC(C)(C)C12P3N(C45CC6CC(CC(C6)C4)C5)P4P1C4(C(C)(C)C)P32. The normalized spacial score (nSPS) is 65.8. The maximum absolute atomic E-state index is 3.47. The van der Waals surface area contributed by atoms with E-state index in [1.54, 1.807) is 38.5 Å². The van der Waals surface area contributed by atoms with Crippen molar-refractivity contribution in [2.45, 2.75) is 94.9 Å². The van der Waals surface area contributed by atoms with E-state index < -0.39 is 0 Å². The molecule has 0 N–H and O–H groups in total. The highest BCUT2D eigenvalue weighted by molar-refractivity contribution is 8.83. The summed E-state index contributed by atoms with van der Waals surface area (Å²) in [6, 6.07) is 0. The van der Waals surface area contributed by atoms with E-state index in [0.717, 1.165) is 32.6 Å². The molecule has 5 heteroatoms. The van der Waals surface area contributed by atoms with Crippen LogP contribution < -0.4 is 0 Å². The lowest BCUT2D eigenvalue weighted by molar-refractivity contribution is -0.0317. The molecule has 0 aromatic rings. The largest absolute Gasteiger partial charge is 0.244 e. The van der Waals surface area contributed by atoms with Crippen molar-refractivity contribution in [1.29, 1.82) is 0 Å². The quantitative estimate of drug-likeness (QED) is 0.392. The Kier molecular flexibility index (Phi) is 2.71. The lowest BCUT2D eigenvalue weighted by Crippen LogP contribution is -2.56. The standard InChI is InChI=1S/C20H33NP4/c1-16(2,3)19-22-20(17(4,5)6)23(19)25(20)21(24(19)22)18-10-13-7-14(11-18)9-15(8-13)12-18/h13-15H,7-12H2,1-6H3. The summed E-state index contributed by atoms with van der Waals surface area (Å²) >= 11 is 0. The third-order valence-electron chi connectivity index (χ3n) is 8.84. The minimum Gasteiger partial charge on any atom is -0.244 e. The number of nitrogens with zero attached hydrogens (tertiary/aromatic N) is 1. The van der Waals surface area contributed by atoms with E-state index in [2.05, 4.69) is 46.0 Å². The molecule has 5 heterocycles. The van der Waals surface area contributed by atoms with Crippen LogP contribution in [-0.4, -0.2) is 19.3 Å². The van der Waals surface area contributed by atoms with Gasteiger partial charge in [-0.15, -0.1) is 0 Å². The van der Waals surface area contributed by atoms with Crippen LogP contribution in [0.3, 0.4) is 0 Å². The Morgan fingerprint density at radius 3 is 1.36 bits per heavy atom. The molecule has 0 aromatic carbocycles. The van der Waals surface area contributed by atoms with Gasteiger partial charge in [-0.3, -0.25) is 0 Å². The smallest absolute Gasteiger partial charge is 0.0653 e. The minimum absolute atomic E-state index is 0.298. The van der Waals surface area contributed by atoms with Crippen LogP contribution in [0, 0.1) is 28.6 Å². The lowest BCUT2D eigenvalue weighted by atomic mass is 9.53. The van der Waals surface area contributed by atoms with Gasteiger partial charge in [0.15, 0.2) is 0 Å². The summed E-state index contributed by atoms with van der Waals surface area (Å²) in [4.78, 5) is 0. The monoisotopic (exact) mass is 411 g/mol. The van der Waals surface area contributed by atoms with E-state index in [4.69, 9.17) is 0 Å². The van der Waals surface area contributed by atoms with Crippen molar-refractivity contribution in [3.8, 4) is 0 Å². The van der Waals surface area contributed by atoms with Gasteiger partial charge in [0.2, 0.25) is 0 Å². The Bertz CT molecular complexity index is 622. The number of hydrogen-bond donors (Lipinski definition) is 0. The van der Waals surface area contributed by atoms with Crippen molar-refractivity contribution in [2.75, 3.05) is 0 Å². The maximum atomic E-state index is 3.47. The first kappa shape index (κ1) is 16.5. The fourth-order valence-corrected chi connectivity index (χ4v) is 57.9. The Balaban J connectivity index is 1.35.